The molecule has 5 rings (SSSR count). The number of carbonyl (C=O) groups is 2. The Morgan fingerprint density at radius 1 is 0.794 bits per heavy atom. The number of hydrogen-bond acceptors (Lipinski definition) is 3. The van der Waals surface area contributed by atoms with Gasteiger partial charge in [0.25, 0.3) is 5.91 Å². The molecule has 2 heterocycles. The third-order valence-electron chi connectivity index (χ3n) is 7.16. The third-order valence-corrected chi connectivity index (χ3v) is 7.16. The van der Waals surface area contributed by atoms with Crippen LogP contribution in [0.1, 0.15) is 41.6 Å². The first-order chi connectivity index (χ1) is 16.7. The van der Waals surface area contributed by atoms with Crippen molar-refractivity contribution in [1.82, 2.24) is 9.80 Å². The van der Waals surface area contributed by atoms with Gasteiger partial charge in [-0.15, -0.1) is 0 Å². The maximum Gasteiger partial charge on any atom is 0.254 e. The number of ether oxygens (including phenoxy) is 1. The standard InChI is InChI=1S/C29H32N2O3/c32-28(30-18-15-25(16-19-30)34-21-22-8-2-1-3-9-22)24-12-7-17-31(20-24)29(33)27-14-6-11-23-10-4-5-13-26(23)27/h1-6,8-11,13-14,24-25H,7,12,15-21H2. The number of fused-ring (bicyclic) bond motifs is 1. The summed E-state index contributed by atoms with van der Waals surface area (Å²) in [6, 6.07) is 24.1. The highest BCUT2D eigenvalue weighted by molar-refractivity contribution is 6.07. The minimum Gasteiger partial charge on any atom is -0.373 e. The highest BCUT2D eigenvalue weighted by atomic mass is 16.5. The lowest BCUT2D eigenvalue weighted by Crippen LogP contribution is -2.49. The molecule has 1 unspecified atom stereocenters. The summed E-state index contributed by atoms with van der Waals surface area (Å²) in [4.78, 5) is 30.5. The van der Waals surface area contributed by atoms with Crippen molar-refractivity contribution in [3.8, 4) is 0 Å². The van der Waals surface area contributed by atoms with Crippen LogP contribution in [0, 0.1) is 5.92 Å². The van der Waals surface area contributed by atoms with E-state index in [-0.39, 0.29) is 23.8 Å². The molecule has 0 aliphatic carbocycles. The molecule has 0 spiro atoms. The zero-order valence-electron chi connectivity index (χ0n) is 19.6. The number of benzene rings is 3. The van der Waals surface area contributed by atoms with Gasteiger partial charge in [-0.1, -0.05) is 66.7 Å². The van der Waals surface area contributed by atoms with Crippen molar-refractivity contribution < 1.29 is 14.3 Å². The van der Waals surface area contributed by atoms with Crippen LogP contribution in [0.4, 0.5) is 0 Å². The zero-order valence-corrected chi connectivity index (χ0v) is 19.6. The van der Waals surface area contributed by atoms with Gasteiger partial charge in [-0.2, -0.15) is 0 Å². The molecule has 2 amide bonds. The molecule has 2 saturated heterocycles. The molecule has 0 aromatic heterocycles. The van der Waals surface area contributed by atoms with Crippen molar-refractivity contribution in [2.75, 3.05) is 26.2 Å². The van der Waals surface area contributed by atoms with Gasteiger partial charge in [0.2, 0.25) is 5.91 Å². The van der Waals surface area contributed by atoms with Crippen LogP contribution in [0.2, 0.25) is 0 Å². The summed E-state index contributed by atoms with van der Waals surface area (Å²) in [5.74, 6) is 0.105. The first kappa shape index (κ1) is 22.6. The van der Waals surface area contributed by atoms with Gasteiger partial charge in [0.15, 0.2) is 0 Å². The van der Waals surface area contributed by atoms with Crippen LogP contribution >= 0.6 is 0 Å². The molecule has 2 fully saturated rings. The van der Waals surface area contributed by atoms with Gasteiger partial charge in [-0.3, -0.25) is 9.59 Å². The predicted octanol–water partition coefficient (Wildman–Crippen LogP) is 4.90. The van der Waals surface area contributed by atoms with Gasteiger partial charge < -0.3 is 14.5 Å². The van der Waals surface area contributed by atoms with Crippen LogP contribution in [-0.4, -0.2) is 53.9 Å². The summed E-state index contributed by atoms with van der Waals surface area (Å²) in [6.45, 7) is 3.29. The fourth-order valence-corrected chi connectivity index (χ4v) is 5.23. The van der Waals surface area contributed by atoms with Crippen molar-refractivity contribution in [1.29, 1.82) is 0 Å². The normalized spacial score (nSPS) is 19.4. The molecule has 0 bridgehead atoms. The van der Waals surface area contributed by atoms with E-state index >= 15 is 0 Å². The van der Waals surface area contributed by atoms with Crippen LogP contribution in [0.3, 0.4) is 0 Å². The van der Waals surface area contributed by atoms with Gasteiger partial charge in [0.1, 0.15) is 0 Å². The van der Waals surface area contributed by atoms with E-state index in [1.807, 2.05) is 70.5 Å². The van der Waals surface area contributed by atoms with E-state index in [9.17, 15) is 9.59 Å². The first-order valence-corrected chi connectivity index (χ1v) is 12.4. The topological polar surface area (TPSA) is 49.9 Å². The maximum absolute atomic E-state index is 13.4. The maximum atomic E-state index is 13.4. The molecule has 0 saturated carbocycles. The summed E-state index contributed by atoms with van der Waals surface area (Å²) in [7, 11) is 0. The largest absolute Gasteiger partial charge is 0.373 e. The van der Waals surface area contributed by atoms with Crippen molar-refractivity contribution in [3.63, 3.8) is 0 Å². The van der Waals surface area contributed by atoms with E-state index in [4.69, 9.17) is 4.74 Å². The second kappa shape index (κ2) is 10.4. The minimum atomic E-state index is -0.116. The van der Waals surface area contributed by atoms with Gasteiger partial charge in [0, 0.05) is 31.7 Å². The van der Waals surface area contributed by atoms with E-state index in [0.29, 0.717) is 19.7 Å². The fraction of sp³-hybridized carbons (Fsp3) is 0.379. The van der Waals surface area contributed by atoms with E-state index in [2.05, 4.69) is 12.1 Å². The Bertz CT molecular complexity index is 1130. The molecule has 5 nitrogen and oxygen atoms in total. The van der Waals surface area contributed by atoms with Crippen molar-refractivity contribution in [2.45, 2.75) is 38.4 Å². The fourth-order valence-electron chi connectivity index (χ4n) is 5.23. The highest BCUT2D eigenvalue weighted by Crippen LogP contribution is 2.26. The zero-order chi connectivity index (χ0) is 23.3. The minimum absolute atomic E-state index is 0.0299. The Hall–Kier alpha value is -3.18. The first-order valence-electron chi connectivity index (χ1n) is 12.4. The van der Waals surface area contributed by atoms with Crippen molar-refractivity contribution >= 4 is 22.6 Å². The Balaban J connectivity index is 1.16. The molecule has 3 aromatic carbocycles. The molecule has 1 atom stereocenters. The number of likely N-dealkylation sites (tertiary alicyclic amines) is 2. The number of amides is 2. The lowest BCUT2D eigenvalue weighted by Gasteiger charge is -2.38. The number of piperidine rings is 2. The number of hydrogen-bond donors (Lipinski definition) is 0. The lowest BCUT2D eigenvalue weighted by molar-refractivity contribution is -0.139. The quantitative estimate of drug-likeness (QED) is 0.549. The molecular weight excluding hydrogens is 424 g/mol. The SMILES string of the molecule is O=C(c1cccc2ccccc12)N1CCCC(C(=O)N2CCC(OCc3ccccc3)CC2)C1. The Kier molecular flexibility index (Phi) is 6.91. The predicted molar refractivity (Wildman–Crippen MR) is 133 cm³/mol. The Labute approximate surface area is 201 Å². The summed E-state index contributed by atoms with van der Waals surface area (Å²) in [6.07, 6.45) is 3.64. The second-order valence-corrected chi connectivity index (χ2v) is 9.44. The molecule has 176 valence electrons. The second-order valence-electron chi connectivity index (χ2n) is 9.44. The Morgan fingerprint density at radius 2 is 1.53 bits per heavy atom. The Morgan fingerprint density at radius 3 is 2.35 bits per heavy atom. The average molecular weight is 457 g/mol. The average Bonchev–Trinajstić information content (AvgIpc) is 2.92. The summed E-state index contributed by atoms with van der Waals surface area (Å²) in [5, 5.41) is 2.04. The molecule has 2 aliphatic heterocycles. The monoisotopic (exact) mass is 456 g/mol. The van der Waals surface area contributed by atoms with E-state index in [1.54, 1.807) is 0 Å². The molecule has 34 heavy (non-hydrogen) atoms. The number of carbonyl (C=O) groups excluding carboxylic acids is 2. The van der Waals surface area contributed by atoms with Crippen LogP contribution in [0.5, 0.6) is 0 Å². The van der Waals surface area contributed by atoms with Gasteiger partial charge >= 0.3 is 0 Å². The van der Waals surface area contributed by atoms with Gasteiger partial charge in [-0.05, 0) is 48.1 Å². The summed E-state index contributed by atoms with van der Waals surface area (Å²) in [5.41, 5.74) is 1.90. The smallest absolute Gasteiger partial charge is 0.254 e. The van der Waals surface area contributed by atoms with Gasteiger partial charge in [0.05, 0.1) is 18.6 Å². The van der Waals surface area contributed by atoms with Crippen molar-refractivity contribution in [2.24, 2.45) is 5.92 Å². The molecule has 3 aromatic rings. The number of rotatable bonds is 5. The lowest BCUT2D eigenvalue weighted by atomic mass is 9.94. The molecule has 2 aliphatic rings. The van der Waals surface area contributed by atoms with Crippen LogP contribution in [0.25, 0.3) is 10.8 Å². The third kappa shape index (κ3) is 5.00. The molecule has 0 radical (unpaired) electrons. The summed E-state index contributed by atoms with van der Waals surface area (Å²) >= 11 is 0. The van der Waals surface area contributed by atoms with Crippen LogP contribution in [-0.2, 0) is 16.1 Å². The van der Waals surface area contributed by atoms with Gasteiger partial charge in [-0.25, -0.2) is 0 Å². The van der Waals surface area contributed by atoms with E-state index in [0.717, 1.165) is 55.1 Å². The molecule has 5 heteroatoms. The van der Waals surface area contributed by atoms with Crippen molar-refractivity contribution in [3.05, 3.63) is 83.9 Å². The molecular formula is C29H32N2O3. The summed E-state index contributed by atoms with van der Waals surface area (Å²) < 4.78 is 6.08. The number of nitrogens with zero attached hydrogens (tertiary/aromatic N) is 2. The van der Waals surface area contributed by atoms with E-state index in [1.165, 1.54) is 5.56 Å². The molecule has 0 N–H and O–H groups in total. The van der Waals surface area contributed by atoms with Crippen LogP contribution in [0.15, 0.2) is 72.8 Å². The van der Waals surface area contributed by atoms with E-state index < -0.39 is 0 Å². The highest BCUT2D eigenvalue weighted by Gasteiger charge is 2.33. The van der Waals surface area contributed by atoms with Crippen LogP contribution < -0.4 is 0 Å².